The van der Waals surface area contributed by atoms with E-state index >= 15 is 0 Å². The molecule has 0 N–H and O–H groups in total. The van der Waals surface area contributed by atoms with Crippen molar-refractivity contribution in [1.82, 2.24) is 10.2 Å². The molecule has 1 aromatic carbocycles. The Bertz CT molecular complexity index is 472. The predicted octanol–water partition coefficient (Wildman–Crippen LogP) is 4.27. The topological polar surface area (TPSA) is 25.8 Å². The second-order valence-corrected chi connectivity index (χ2v) is 5.37. The van der Waals surface area contributed by atoms with Crippen LogP contribution in [0.5, 0.6) is 0 Å². The molecule has 6 heteroatoms. The highest BCUT2D eigenvalue weighted by molar-refractivity contribution is 9.10. The predicted molar refractivity (Wildman–Crippen MR) is 63.1 cm³/mol. The third-order valence-corrected chi connectivity index (χ3v) is 3.43. The van der Waals surface area contributed by atoms with Gasteiger partial charge in [-0.3, -0.25) is 0 Å². The number of hydrogen-bond acceptors (Lipinski definition) is 3. The van der Waals surface area contributed by atoms with Crippen molar-refractivity contribution >= 4 is 50.5 Å². The second-order valence-electron chi connectivity index (χ2n) is 2.48. The van der Waals surface area contributed by atoms with Crippen molar-refractivity contribution in [1.29, 1.82) is 0 Å². The first-order valence-electron chi connectivity index (χ1n) is 3.61. The molecule has 0 bridgehead atoms. The largest absolute Gasteiger partial charge is 0.207 e. The maximum absolute atomic E-state index is 6.01. The van der Waals surface area contributed by atoms with E-state index in [0.29, 0.717) is 9.49 Å². The Balaban J connectivity index is 2.55. The van der Waals surface area contributed by atoms with E-state index in [1.54, 1.807) is 6.07 Å². The van der Waals surface area contributed by atoms with Crippen molar-refractivity contribution in [2.75, 3.05) is 0 Å². The standard InChI is InChI=1S/C8H3BrCl2N2S/c9-4-1-2-6(10)5(3-4)7-12-13-8(11)14-7/h1-3H. The van der Waals surface area contributed by atoms with Gasteiger partial charge in [0.2, 0.25) is 4.47 Å². The van der Waals surface area contributed by atoms with Gasteiger partial charge >= 0.3 is 0 Å². The highest BCUT2D eigenvalue weighted by Gasteiger charge is 2.09. The second kappa shape index (κ2) is 4.14. The van der Waals surface area contributed by atoms with Gasteiger partial charge in [0.25, 0.3) is 0 Å². The Kier molecular flexibility index (Phi) is 3.07. The first-order chi connectivity index (χ1) is 6.66. The summed E-state index contributed by atoms with van der Waals surface area (Å²) in [5.41, 5.74) is 0.838. The number of halogens is 3. The molecule has 14 heavy (non-hydrogen) atoms. The zero-order valence-electron chi connectivity index (χ0n) is 6.67. The molecule has 0 saturated heterocycles. The van der Waals surface area contributed by atoms with E-state index in [1.807, 2.05) is 12.1 Å². The summed E-state index contributed by atoms with van der Waals surface area (Å²) in [7, 11) is 0. The van der Waals surface area contributed by atoms with Crippen LogP contribution in [0.1, 0.15) is 0 Å². The Morgan fingerprint density at radius 1 is 1.21 bits per heavy atom. The molecular formula is C8H3BrCl2N2S. The van der Waals surface area contributed by atoms with Gasteiger partial charge in [-0.15, -0.1) is 10.2 Å². The molecule has 0 unspecified atom stereocenters. The van der Waals surface area contributed by atoms with Crippen molar-refractivity contribution in [3.8, 4) is 10.6 Å². The minimum Gasteiger partial charge on any atom is -0.137 e. The number of rotatable bonds is 1. The molecule has 0 radical (unpaired) electrons. The van der Waals surface area contributed by atoms with Crippen molar-refractivity contribution in [2.24, 2.45) is 0 Å². The van der Waals surface area contributed by atoms with Crippen LogP contribution >= 0.6 is 50.5 Å². The first kappa shape index (κ1) is 10.4. The molecule has 0 aliphatic heterocycles. The number of hydrogen-bond donors (Lipinski definition) is 0. The lowest BCUT2D eigenvalue weighted by molar-refractivity contribution is 1.10. The molecule has 2 aromatic rings. The van der Waals surface area contributed by atoms with Gasteiger partial charge in [-0.2, -0.15) is 0 Å². The third-order valence-electron chi connectivity index (χ3n) is 1.56. The van der Waals surface area contributed by atoms with Crippen LogP contribution in [0.25, 0.3) is 10.6 Å². The van der Waals surface area contributed by atoms with Gasteiger partial charge in [0.1, 0.15) is 5.01 Å². The van der Waals surface area contributed by atoms with Crippen molar-refractivity contribution in [2.45, 2.75) is 0 Å². The monoisotopic (exact) mass is 308 g/mol. The molecule has 0 aliphatic rings. The van der Waals surface area contributed by atoms with E-state index in [1.165, 1.54) is 11.3 Å². The summed E-state index contributed by atoms with van der Waals surface area (Å²) in [4.78, 5) is 0. The maximum atomic E-state index is 6.01. The van der Waals surface area contributed by atoms with Gasteiger partial charge < -0.3 is 0 Å². The van der Waals surface area contributed by atoms with Crippen LogP contribution in [0, 0.1) is 0 Å². The maximum Gasteiger partial charge on any atom is 0.207 e. The molecule has 0 fully saturated rings. The van der Waals surface area contributed by atoms with Gasteiger partial charge in [-0.25, -0.2) is 0 Å². The zero-order valence-corrected chi connectivity index (χ0v) is 10.6. The summed E-state index contributed by atoms with van der Waals surface area (Å²) in [6.07, 6.45) is 0. The van der Waals surface area contributed by atoms with Crippen LogP contribution in [-0.4, -0.2) is 10.2 Å². The highest BCUT2D eigenvalue weighted by Crippen LogP contribution is 2.33. The fraction of sp³-hybridized carbons (Fsp3) is 0. The molecular weight excluding hydrogens is 307 g/mol. The summed E-state index contributed by atoms with van der Waals surface area (Å²) in [6, 6.07) is 5.56. The van der Waals surface area contributed by atoms with E-state index < -0.39 is 0 Å². The van der Waals surface area contributed by atoms with Crippen molar-refractivity contribution in [3.05, 3.63) is 32.2 Å². The van der Waals surface area contributed by atoms with E-state index in [4.69, 9.17) is 23.2 Å². The quantitative estimate of drug-likeness (QED) is 0.786. The number of nitrogens with zero attached hydrogens (tertiary/aromatic N) is 2. The SMILES string of the molecule is Clc1nnc(-c2cc(Br)ccc2Cl)s1. The van der Waals surface area contributed by atoms with Gasteiger partial charge in [0, 0.05) is 10.0 Å². The van der Waals surface area contributed by atoms with Crippen molar-refractivity contribution in [3.63, 3.8) is 0 Å². The van der Waals surface area contributed by atoms with Gasteiger partial charge in [0.15, 0.2) is 0 Å². The molecule has 1 heterocycles. The summed E-state index contributed by atoms with van der Waals surface area (Å²) in [6.45, 7) is 0. The fourth-order valence-corrected chi connectivity index (χ4v) is 2.46. The zero-order chi connectivity index (χ0) is 10.1. The van der Waals surface area contributed by atoms with Crippen LogP contribution in [-0.2, 0) is 0 Å². The lowest BCUT2D eigenvalue weighted by Gasteiger charge is -1.99. The lowest BCUT2D eigenvalue weighted by atomic mass is 10.2. The van der Waals surface area contributed by atoms with E-state index in [2.05, 4.69) is 26.1 Å². The van der Waals surface area contributed by atoms with Crippen LogP contribution < -0.4 is 0 Å². The minimum absolute atomic E-state index is 0.413. The summed E-state index contributed by atoms with van der Waals surface area (Å²) in [5.74, 6) is 0. The van der Waals surface area contributed by atoms with E-state index in [-0.39, 0.29) is 0 Å². The lowest BCUT2D eigenvalue weighted by Crippen LogP contribution is -1.78. The number of benzene rings is 1. The highest BCUT2D eigenvalue weighted by atomic mass is 79.9. The minimum atomic E-state index is 0.413. The van der Waals surface area contributed by atoms with E-state index in [0.717, 1.165) is 15.0 Å². The smallest absolute Gasteiger partial charge is 0.137 e. The van der Waals surface area contributed by atoms with Crippen LogP contribution in [0.3, 0.4) is 0 Å². The van der Waals surface area contributed by atoms with Crippen LogP contribution in [0.4, 0.5) is 0 Å². The van der Waals surface area contributed by atoms with Gasteiger partial charge in [0.05, 0.1) is 5.02 Å². The Morgan fingerprint density at radius 3 is 2.64 bits per heavy atom. The summed E-state index contributed by atoms with van der Waals surface area (Å²) >= 11 is 16.4. The molecule has 1 aromatic heterocycles. The van der Waals surface area contributed by atoms with Crippen molar-refractivity contribution < 1.29 is 0 Å². The molecule has 0 aliphatic carbocycles. The van der Waals surface area contributed by atoms with Crippen LogP contribution in [0.2, 0.25) is 9.49 Å². The third kappa shape index (κ3) is 2.08. The molecule has 0 amide bonds. The molecule has 2 nitrogen and oxygen atoms in total. The Labute approximate surface area is 103 Å². The molecule has 0 spiro atoms. The van der Waals surface area contributed by atoms with Crippen LogP contribution in [0.15, 0.2) is 22.7 Å². The fourth-order valence-electron chi connectivity index (χ4n) is 0.976. The molecule has 0 atom stereocenters. The van der Waals surface area contributed by atoms with Gasteiger partial charge in [-0.1, -0.05) is 38.9 Å². The molecule has 0 saturated carbocycles. The van der Waals surface area contributed by atoms with Gasteiger partial charge in [-0.05, 0) is 29.8 Å². The first-order valence-corrected chi connectivity index (χ1v) is 5.98. The molecule has 72 valence electrons. The Hall–Kier alpha value is -0.160. The Morgan fingerprint density at radius 2 is 2.00 bits per heavy atom. The summed E-state index contributed by atoms with van der Waals surface area (Å²) in [5, 5.41) is 9.01. The molecule has 2 rings (SSSR count). The van der Waals surface area contributed by atoms with E-state index in [9.17, 15) is 0 Å². The average Bonchev–Trinajstić information content (AvgIpc) is 2.56. The average molecular weight is 310 g/mol. The number of aromatic nitrogens is 2. The summed E-state index contributed by atoms with van der Waals surface area (Å²) < 4.78 is 1.36. The normalized spacial score (nSPS) is 10.5.